The van der Waals surface area contributed by atoms with Crippen LogP contribution in [-0.2, 0) is 12.1 Å². The number of methoxy groups -OCH3 is 1. The van der Waals surface area contributed by atoms with Gasteiger partial charge >= 0.3 is 0 Å². The van der Waals surface area contributed by atoms with Gasteiger partial charge in [-0.1, -0.05) is 54.6 Å². The molecule has 0 N–H and O–H groups in total. The number of hydrogen-bond acceptors (Lipinski definition) is 2. The highest BCUT2D eigenvalue weighted by Gasteiger charge is 2.47. The summed E-state index contributed by atoms with van der Waals surface area (Å²) < 4.78 is 5.46. The molecule has 2 atom stereocenters. The maximum atomic E-state index is 5.46. The molecule has 0 spiro atoms. The summed E-state index contributed by atoms with van der Waals surface area (Å²) in [5.74, 6) is 0.943. The third kappa shape index (κ3) is 2.47. The topological polar surface area (TPSA) is 12.5 Å². The smallest absolute Gasteiger partial charge is 0.119 e. The van der Waals surface area contributed by atoms with Crippen molar-refractivity contribution in [2.75, 3.05) is 7.11 Å². The molecule has 0 saturated carbocycles. The first-order valence-electron chi connectivity index (χ1n) is 8.45. The molecule has 2 unspecified atom stereocenters. The lowest BCUT2D eigenvalue weighted by Crippen LogP contribution is -2.45. The van der Waals surface area contributed by atoms with Crippen molar-refractivity contribution < 1.29 is 4.74 Å². The summed E-state index contributed by atoms with van der Waals surface area (Å²) in [7, 11) is 1.74. The van der Waals surface area contributed by atoms with E-state index in [-0.39, 0.29) is 5.54 Å². The molecule has 0 amide bonds. The molecule has 1 saturated heterocycles. The Kier molecular flexibility index (Phi) is 3.70. The molecule has 2 heterocycles. The van der Waals surface area contributed by atoms with Crippen LogP contribution in [0, 0.1) is 0 Å². The Hall–Kier alpha value is -2.06. The minimum atomic E-state index is 0.0211. The van der Waals surface area contributed by atoms with Crippen LogP contribution >= 0.6 is 0 Å². The van der Waals surface area contributed by atoms with Gasteiger partial charge in [-0.15, -0.1) is 0 Å². The Morgan fingerprint density at radius 1 is 1.13 bits per heavy atom. The Bertz CT molecular complexity index is 709. The Morgan fingerprint density at radius 3 is 2.83 bits per heavy atom. The number of hydrogen-bond donors (Lipinski definition) is 0. The predicted octanol–water partition coefficient (Wildman–Crippen LogP) is 4.52. The van der Waals surface area contributed by atoms with Crippen molar-refractivity contribution in [3.8, 4) is 5.75 Å². The van der Waals surface area contributed by atoms with E-state index >= 15 is 0 Å². The van der Waals surface area contributed by atoms with Gasteiger partial charge in [-0.05, 0) is 42.5 Å². The van der Waals surface area contributed by atoms with Crippen LogP contribution in [0.15, 0.2) is 66.7 Å². The summed E-state index contributed by atoms with van der Waals surface area (Å²) in [6.07, 6.45) is 8.41. The van der Waals surface area contributed by atoms with Crippen LogP contribution in [0.1, 0.15) is 30.4 Å². The van der Waals surface area contributed by atoms with Crippen LogP contribution in [0.25, 0.3) is 0 Å². The van der Waals surface area contributed by atoms with Gasteiger partial charge in [0.2, 0.25) is 0 Å². The number of ether oxygens (including phenoxy) is 1. The second-order valence-electron chi connectivity index (χ2n) is 6.60. The molecule has 2 bridgehead atoms. The highest BCUT2D eigenvalue weighted by atomic mass is 16.5. The van der Waals surface area contributed by atoms with E-state index in [0.29, 0.717) is 6.04 Å². The SMILES string of the molecule is COc1cccc(C23C=CCC(CC2)N3Cc2ccccc2)c1. The van der Waals surface area contributed by atoms with Gasteiger partial charge in [-0.3, -0.25) is 4.90 Å². The second kappa shape index (κ2) is 5.86. The van der Waals surface area contributed by atoms with Crippen molar-refractivity contribution >= 4 is 0 Å². The average Bonchev–Trinajstić information content (AvgIpc) is 2.81. The number of rotatable bonds is 4. The van der Waals surface area contributed by atoms with Gasteiger partial charge in [-0.25, -0.2) is 0 Å². The van der Waals surface area contributed by atoms with Crippen molar-refractivity contribution in [3.63, 3.8) is 0 Å². The van der Waals surface area contributed by atoms with Gasteiger partial charge < -0.3 is 4.74 Å². The molecule has 2 aliphatic heterocycles. The van der Waals surface area contributed by atoms with Crippen molar-refractivity contribution in [3.05, 3.63) is 77.9 Å². The van der Waals surface area contributed by atoms with E-state index in [2.05, 4.69) is 65.6 Å². The minimum Gasteiger partial charge on any atom is -0.497 e. The number of fused-ring (bicyclic) bond motifs is 2. The monoisotopic (exact) mass is 305 g/mol. The summed E-state index contributed by atoms with van der Waals surface area (Å²) >= 11 is 0. The van der Waals surface area contributed by atoms with Gasteiger partial charge in [0.15, 0.2) is 0 Å². The normalized spacial score (nSPS) is 26.4. The van der Waals surface area contributed by atoms with Gasteiger partial charge in [0, 0.05) is 12.6 Å². The lowest BCUT2D eigenvalue weighted by Gasteiger charge is -2.42. The first kappa shape index (κ1) is 14.5. The molecule has 2 heteroatoms. The summed E-state index contributed by atoms with van der Waals surface area (Å²) in [5.41, 5.74) is 2.76. The van der Waals surface area contributed by atoms with E-state index in [9.17, 15) is 0 Å². The fourth-order valence-corrected chi connectivity index (χ4v) is 4.21. The lowest BCUT2D eigenvalue weighted by molar-refractivity contribution is 0.118. The molecule has 2 nitrogen and oxygen atoms in total. The highest BCUT2D eigenvalue weighted by Crippen LogP contribution is 2.48. The summed E-state index contributed by atoms with van der Waals surface area (Å²) in [6, 6.07) is 20.1. The Labute approximate surface area is 138 Å². The first-order valence-corrected chi connectivity index (χ1v) is 8.45. The van der Waals surface area contributed by atoms with Crippen LogP contribution in [-0.4, -0.2) is 18.1 Å². The molecular formula is C21H23NO. The third-order valence-corrected chi connectivity index (χ3v) is 5.38. The van der Waals surface area contributed by atoms with Gasteiger partial charge in [0.1, 0.15) is 5.75 Å². The van der Waals surface area contributed by atoms with Crippen LogP contribution in [0.3, 0.4) is 0 Å². The molecule has 2 aliphatic rings. The molecular weight excluding hydrogens is 282 g/mol. The zero-order valence-electron chi connectivity index (χ0n) is 13.6. The van der Waals surface area contributed by atoms with E-state index in [1.54, 1.807) is 7.11 Å². The molecule has 0 radical (unpaired) electrons. The fourth-order valence-electron chi connectivity index (χ4n) is 4.21. The fraction of sp³-hybridized carbons (Fsp3) is 0.333. The zero-order chi connectivity index (χ0) is 15.7. The van der Waals surface area contributed by atoms with Crippen LogP contribution in [0.4, 0.5) is 0 Å². The van der Waals surface area contributed by atoms with E-state index in [1.807, 2.05) is 6.07 Å². The molecule has 0 aliphatic carbocycles. The van der Waals surface area contributed by atoms with Gasteiger partial charge in [-0.2, -0.15) is 0 Å². The molecule has 23 heavy (non-hydrogen) atoms. The first-order chi connectivity index (χ1) is 11.3. The Morgan fingerprint density at radius 2 is 2.00 bits per heavy atom. The molecule has 0 aromatic heterocycles. The number of benzene rings is 2. The zero-order valence-corrected chi connectivity index (χ0v) is 13.6. The minimum absolute atomic E-state index is 0.0211. The van der Waals surface area contributed by atoms with Crippen molar-refractivity contribution in [1.29, 1.82) is 0 Å². The Balaban J connectivity index is 1.74. The van der Waals surface area contributed by atoms with E-state index < -0.39 is 0 Å². The summed E-state index contributed by atoms with van der Waals surface area (Å²) in [4.78, 5) is 2.69. The largest absolute Gasteiger partial charge is 0.497 e. The van der Waals surface area contributed by atoms with Crippen molar-refractivity contribution in [2.24, 2.45) is 0 Å². The van der Waals surface area contributed by atoms with Gasteiger partial charge in [0.25, 0.3) is 0 Å². The molecule has 1 fully saturated rings. The van der Waals surface area contributed by atoms with Crippen molar-refractivity contribution in [2.45, 2.75) is 37.4 Å². The molecule has 2 aromatic carbocycles. The highest BCUT2D eigenvalue weighted by molar-refractivity contribution is 5.39. The van der Waals surface area contributed by atoms with Crippen LogP contribution in [0.5, 0.6) is 5.75 Å². The van der Waals surface area contributed by atoms with E-state index in [4.69, 9.17) is 4.74 Å². The van der Waals surface area contributed by atoms with E-state index in [0.717, 1.165) is 12.3 Å². The molecule has 2 aromatic rings. The predicted molar refractivity (Wildman–Crippen MR) is 93.4 cm³/mol. The van der Waals surface area contributed by atoms with Crippen molar-refractivity contribution in [1.82, 2.24) is 4.90 Å². The molecule has 118 valence electrons. The molecule has 4 rings (SSSR count). The third-order valence-electron chi connectivity index (χ3n) is 5.38. The maximum absolute atomic E-state index is 5.46. The van der Waals surface area contributed by atoms with E-state index in [1.165, 1.54) is 30.4 Å². The summed E-state index contributed by atoms with van der Waals surface area (Å²) in [6.45, 7) is 1.01. The standard InChI is InChI=1S/C21H23NO/c1-23-20-11-5-9-18(15-20)21-13-6-10-19(12-14-21)22(21)16-17-7-3-2-4-8-17/h2-9,11,13,15,19H,10,12,14,16H2,1H3. The average molecular weight is 305 g/mol. The maximum Gasteiger partial charge on any atom is 0.119 e. The second-order valence-corrected chi connectivity index (χ2v) is 6.60. The number of nitrogens with zero attached hydrogens (tertiary/aromatic N) is 1. The van der Waals surface area contributed by atoms with Crippen LogP contribution < -0.4 is 4.74 Å². The van der Waals surface area contributed by atoms with Gasteiger partial charge in [0.05, 0.1) is 12.6 Å². The quantitative estimate of drug-likeness (QED) is 0.770. The van der Waals surface area contributed by atoms with Crippen LogP contribution in [0.2, 0.25) is 0 Å². The lowest BCUT2D eigenvalue weighted by atomic mass is 9.85. The summed E-state index contributed by atoms with van der Waals surface area (Å²) in [5, 5.41) is 0.